The van der Waals surface area contributed by atoms with Crippen LogP contribution in [0.5, 0.6) is 0 Å². The molecule has 9 nitrogen and oxygen atoms in total. The van der Waals surface area contributed by atoms with Crippen LogP contribution in [0.15, 0.2) is 24.3 Å². The molecule has 3 rings (SSSR count). The molecule has 1 N–H and O–H groups in total. The van der Waals surface area contributed by atoms with Gasteiger partial charge in [0.25, 0.3) is 5.91 Å². The van der Waals surface area contributed by atoms with E-state index in [1.54, 1.807) is 31.2 Å². The minimum absolute atomic E-state index is 0.295. The van der Waals surface area contributed by atoms with Crippen LogP contribution in [0.25, 0.3) is 0 Å². The number of benzene rings is 1. The number of urea groups is 1. The molecule has 0 radical (unpaired) electrons. The van der Waals surface area contributed by atoms with E-state index in [0.29, 0.717) is 24.4 Å². The Labute approximate surface area is 143 Å². The maximum absolute atomic E-state index is 12.7. The second-order valence-corrected chi connectivity index (χ2v) is 5.84. The zero-order valence-electron chi connectivity index (χ0n) is 13.8. The summed E-state index contributed by atoms with van der Waals surface area (Å²) in [5.74, 6) is -1.26. The van der Waals surface area contributed by atoms with Crippen LogP contribution in [-0.2, 0) is 24.6 Å². The first-order chi connectivity index (χ1) is 11.9. The minimum atomic E-state index is -1.34. The second kappa shape index (κ2) is 6.08. The smallest absolute Gasteiger partial charge is 0.414 e. The summed E-state index contributed by atoms with van der Waals surface area (Å²) < 4.78 is 9.42. The number of carbonyl (C=O) groups is 4. The van der Waals surface area contributed by atoms with Gasteiger partial charge in [0.2, 0.25) is 0 Å². The largest absolute Gasteiger partial charge is 0.468 e. The Morgan fingerprint density at radius 2 is 2.12 bits per heavy atom. The number of esters is 1. The Hall–Kier alpha value is -3.10. The fourth-order valence-electron chi connectivity index (χ4n) is 2.84. The number of ether oxygens (including phenoxy) is 2. The Morgan fingerprint density at radius 3 is 2.76 bits per heavy atom. The molecule has 0 unspecified atom stereocenters. The average molecular weight is 347 g/mol. The molecule has 0 spiro atoms. The Bertz CT molecular complexity index is 764. The third-order valence-corrected chi connectivity index (χ3v) is 4.29. The van der Waals surface area contributed by atoms with Gasteiger partial charge in [0.15, 0.2) is 0 Å². The topological polar surface area (TPSA) is 105 Å². The van der Waals surface area contributed by atoms with Crippen LogP contribution < -0.4 is 10.2 Å². The van der Waals surface area contributed by atoms with Crippen molar-refractivity contribution in [1.82, 2.24) is 10.2 Å². The molecule has 25 heavy (non-hydrogen) atoms. The van der Waals surface area contributed by atoms with E-state index >= 15 is 0 Å². The minimum Gasteiger partial charge on any atom is -0.468 e. The summed E-state index contributed by atoms with van der Waals surface area (Å²) in [5.41, 5.74) is -0.282. The Kier molecular flexibility index (Phi) is 4.07. The van der Waals surface area contributed by atoms with Gasteiger partial charge in [-0.1, -0.05) is 12.1 Å². The van der Waals surface area contributed by atoms with Crippen molar-refractivity contribution in [3.05, 3.63) is 29.8 Å². The lowest BCUT2D eigenvalue weighted by Gasteiger charge is -2.24. The van der Waals surface area contributed by atoms with Gasteiger partial charge in [-0.05, 0) is 24.6 Å². The van der Waals surface area contributed by atoms with Crippen LogP contribution in [0.1, 0.15) is 12.5 Å². The van der Waals surface area contributed by atoms with E-state index in [4.69, 9.17) is 4.74 Å². The predicted molar refractivity (Wildman–Crippen MR) is 84.7 cm³/mol. The van der Waals surface area contributed by atoms with E-state index < -0.39 is 36.1 Å². The number of hydrogen-bond donors (Lipinski definition) is 1. The summed E-state index contributed by atoms with van der Waals surface area (Å²) in [7, 11) is 1.18. The number of amides is 4. The standard InChI is InChI=1S/C16H17N3O6/c1-16(13(21)19(14(22)17-16)9-12(20)24-2)10-4-3-5-11(8-10)18-6-7-25-15(18)23/h3-5,8H,6-7,9H2,1-2H3,(H,17,22)/t16-/m1/s1. The molecule has 4 amide bonds. The Balaban J connectivity index is 1.90. The summed E-state index contributed by atoms with van der Waals surface area (Å²) >= 11 is 0. The SMILES string of the molecule is COC(=O)CN1C(=O)N[C@](C)(c2cccc(N3CCOC3=O)c2)C1=O. The second-order valence-electron chi connectivity index (χ2n) is 5.84. The quantitative estimate of drug-likeness (QED) is 0.631. The molecule has 2 saturated heterocycles. The molecule has 2 fully saturated rings. The van der Waals surface area contributed by atoms with E-state index in [1.165, 1.54) is 12.0 Å². The van der Waals surface area contributed by atoms with Crippen LogP contribution in [0, 0.1) is 0 Å². The first kappa shape index (κ1) is 16.7. The molecule has 1 aromatic rings. The maximum Gasteiger partial charge on any atom is 0.414 e. The zero-order chi connectivity index (χ0) is 18.2. The van der Waals surface area contributed by atoms with Crippen LogP contribution in [0.4, 0.5) is 15.3 Å². The number of imide groups is 1. The monoisotopic (exact) mass is 347 g/mol. The Morgan fingerprint density at radius 1 is 1.36 bits per heavy atom. The van der Waals surface area contributed by atoms with Crippen LogP contribution in [0.3, 0.4) is 0 Å². The summed E-state index contributed by atoms with van der Waals surface area (Å²) in [4.78, 5) is 50.2. The van der Waals surface area contributed by atoms with Crippen molar-refractivity contribution in [1.29, 1.82) is 0 Å². The molecule has 132 valence electrons. The van der Waals surface area contributed by atoms with E-state index in [2.05, 4.69) is 10.1 Å². The predicted octanol–water partition coefficient (Wildman–Crippen LogP) is 0.583. The molecular weight excluding hydrogens is 330 g/mol. The highest BCUT2D eigenvalue weighted by molar-refractivity contribution is 6.09. The number of nitrogens with zero attached hydrogens (tertiary/aromatic N) is 2. The first-order valence-corrected chi connectivity index (χ1v) is 7.62. The highest BCUT2D eigenvalue weighted by Crippen LogP contribution is 2.31. The van der Waals surface area contributed by atoms with Crippen molar-refractivity contribution in [2.45, 2.75) is 12.5 Å². The van der Waals surface area contributed by atoms with E-state index in [0.717, 1.165) is 4.90 Å². The van der Waals surface area contributed by atoms with E-state index in [-0.39, 0.29) is 0 Å². The van der Waals surface area contributed by atoms with Gasteiger partial charge in [0.05, 0.1) is 13.7 Å². The number of rotatable bonds is 4. The molecule has 2 heterocycles. The summed E-state index contributed by atoms with van der Waals surface area (Å²) in [6.45, 7) is 1.79. The summed E-state index contributed by atoms with van der Waals surface area (Å²) in [6.07, 6.45) is -0.462. The fourth-order valence-corrected chi connectivity index (χ4v) is 2.84. The van der Waals surface area contributed by atoms with Gasteiger partial charge in [-0.15, -0.1) is 0 Å². The molecule has 2 aliphatic heterocycles. The van der Waals surface area contributed by atoms with Crippen molar-refractivity contribution in [2.24, 2.45) is 0 Å². The van der Waals surface area contributed by atoms with Crippen molar-refractivity contribution in [3.63, 3.8) is 0 Å². The van der Waals surface area contributed by atoms with Gasteiger partial charge in [0.1, 0.15) is 18.7 Å². The van der Waals surface area contributed by atoms with Crippen molar-refractivity contribution < 1.29 is 28.7 Å². The van der Waals surface area contributed by atoms with Crippen LogP contribution in [0.2, 0.25) is 0 Å². The molecular formula is C16H17N3O6. The van der Waals surface area contributed by atoms with Crippen molar-refractivity contribution in [3.8, 4) is 0 Å². The molecule has 0 aromatic heterocycles. The molecule has 1 atom stereocenters. The maximum atomic E-state index is 12.7. The van der Waals surface area contributed by atoms with Crippen LogP contribution >= 0.6 is 0 Å². The summed E-state index contributed by atoms with van der Waals surface area (Å²) in [5, 5.41) is 2.60. The number of hydrogen-bond acceptors (Lipinski definition) is 6. The van der Waals surface area contributed by atoms with E-state index in [9.17, 15) is 19.2 Å². The number of anilines is 1. The van der Waals surface area contributed by atoms with Gasteiger partial charge in [-0.2, -0.15) is 0 Å². The molecule has 0 aliphatic carbocycles. The van der Waals surface area contributed by atoms with Gasteiger partial charge in [0, 0.05) is 5.69 Å². The zero-order valence-corrected chi connectivity index (χ0v) is 13.8. The van der Waals surface area contributed by atoms with E-state index in [1.807, 2.05) is 0 Å². The van der Waals surface area contributed by atoms with Gasteiger partial charge >= 0.3 is 18.1 Å². The van der Waals surface area contributed by atoms with Gasteiger partial charge in [-0.25, -0.2) is 9.59 Å². The van der Waals surface area contributed by atoms with Crippen molar-refractivity contribution in [2.75, 3.05) is 31.7 Å². The first-order valence-electron chi connectivity index (χ1n) is 7.62. The third-order valence-electron chi connectivity index (χ3n) is 4.29. The highest BCUT2D eigenvalue weighted by atomic mass is 16.6. The number of methoxy groups -OCH3 is 1. The molecule has 2 aliphatic rings. The number of cyclic esters (lactones) is 1. The number of nitrogens with one attached hydrogen (secondary N) is 1. The van der Waals surface area contributed by atoms with Gasteiger partial charge < -0.3 is 14.8 Å². The lowest BCUT2D eigenvalue weighted by molar-refractivity contribution is -0.145. The molecule has 9 heteroatoms. The normalized spacial score (nSPS) is 22.9. The van der Waals surface area contributed by atoms with Crippen LogP contribution in [-0.4, -0.2) is 55.7 Å². The van der Waals surface area contributed by atoms with Crippen molar-refractivity contribution >= 4 is 29.7 Å². The molecule has 1 aromatic carbocycles. The third kappa shape index (κ3) is 2.77. The molecule has 0 saturated carbocycles. The highest BCUT2D eigenvalue weighted by Gasteiger charge is 2.49. The lowest BCUT2D eigenvalue weighted by Crippen LogP contribution is -2.41. The fraction of sp³-hybridized carbons (Fsp3) is 0.375. The average Bonchev–Trinajstić information content (AvgIpc) is 3.12. The lowest BCUT2D eigenvalue weighted by atomic mass is 9.91. The number of carbonyl (C=O) groups excluding carboxylic acids is 4. The molecule has 0 bridgehead atoms. The van der Waals surface area contributed by atoms with Gasteiger partial charge in [-0.3, -0.25) is 19.4 Å². The summed E-state index contributed by atoms with van der Waals surface area (Å²) in [6, 6.07) is 6.04.